The van der Waals surface area contributed by atoms with Gasteiger partial charge < -0.3 is 15.2 Å². The second-order valence-electron chi connectivity index (χ2n) is 8.82. The Labute approximate surface area is 234 Å². The summed E-state index contributed by atoms with van der Waals surface area (Å²) in [6.45, 7) is 1.70. The average molecular weight is 566 g/mol. The van der Waals surface area contributed by atoms with Gasteiger partial charge >= 0.3 is 5.97 Å². The van der Waals surface area contributed by atoms with Gasteiger partial charge in [-0.2, -0.15) is 0 Å². The van der Waals surface area contributed by atoms with Crippen molar-refractivity contribution in [2.24, 2.45) is 0 Å². The number of hydrogen-bond acceptors (Lipinski definition) is 6. The SMILES string of the molecule is COc1nn([C@H](CNc2ccc(C(=O)O)c(Cl)c2)Cc2ccccc2)c(=O)cc1-c1cc(Cl)ccc1C(C)=O. The molecule has 3 aromatic carbocycles. The molecule has 0 saturated heterocycles. The lowest BCUT2D eigenvalue weighted by atomic mass is 9.98. The molecule has 0 spiro atoms. The largest absolute Gasteiger partial charge is 0.480 e. The molecule has 1 aromatic heterocycles. The highest BCUT2D eigenvalue weighted by molar-refractivity contribution is 6.33. The van der Waals surface area contributed by atoms with E-state index in [1.165, 1.54) is 36.9 Å². The molecule has 4 aromatic rings. The lowest BCUT2D eigenvalue weighted by Crippen LogP contribution is -2.33. The number of carbonyl (C=O) groups is 2. The molecular formula is C29H25Cl2N3O5. The van der Waals surface area contributed by atoms with Gasteiger partial charge in [-0.15, -0.1) is 5.10 Å². The normalized spacial score (nSPS) is 11.6. The van der Waals surface area contributed by atoms with E-state index in [0.717, 1.165) is 5.56 Å². The van der Waals surface area contributed by atoms with Crippen molar-refractivity contribution in [3.8, 4) is 17.0 Å². The van der Waals surface area contributed by atoms with Crippen molar-refractivity contribution in [2.75, 3.05) is 19.0 Å². The highest BCUT2D eigenvalue weighted by Gasteiger charge is 2.22. The van der Waals surface area contributed by atoms with E-state index in [0.29, 0.717) is 33.8 Å². The summed E-state index contributed by atoms with van der Waals surface area (Å²) in [6, 6.07) is 19.9. The first-order valence-electron chi connectivity index (χ1n) is 12.0. The number of carbonyl (C=O) groups excluding carboxylic acids is 1. The van der Waals surface area contributed by atoms with Crippen LogP contribution in [-0.4, -0.2) is 40.3 Å². The van der Waals surface area contributed by atoms with E-state index in [-0.39, 0.29) is 28.8 Å². The van der Waals surface area contributed by atoms with Crippen LogP contribution in [0.2, 0.25) is 10.0 Å². The second kappa shape index (κ2) is 12.1. The number of aromatic carboxylic acids is 1. The van der Waals surface area contributed by atoms with E-state index < -0.39 is 17.6 Å². The van der Waals surface area contributed by atoms with Crippen LogP contribution in [0.25, 0.3) is 11.1 Å². The predicted molar refractivity (Wildman–Crippen MR) is 152 cm³/mol. The molecule has 2 N–H and O–H groups in total. The van der Waals surface area contributed by atoms with Crippen LogP contribution in [-0.2, 0) is 6.42 Å². The van der Waals surface area contributed by atoms with Gasteiger partial charge in [-0.05, 0) is 60.9 Å². The molecule has 0 aliphatic heterocycles. The molecule has 0 fully saturated rings. The molecule has 0 aliphatic rings. The molecule has 0 saturated carbocycles. The molecule has 0 radical (unpaired) electrons. The lowest BCUT2D eigenvalue weighted by molar-refractivity contribution is 0.0697. The monoisotopic (exact) mass is 565 g/mol. The number of nitrogens with one attached hydrogen (secondary N) is 1. The van der Waals surface area contributed by atoms with Gasteiger partial charge in [-0.1, -0.05) is 53.5 Å². The van der Waals surface area contributed by atoms with Gasteiger partial charge in [0.1, 0.15) is 0 Å². The molecule has 1 atom stereocenters. The maximum Gasteiger partial charge on any atom is 0.337 e. The van der Waals surface area contributed by atoms with Crippen molar-refractivity contribution < 1.29 is 19.4 Å². The van der Waals surface area contributed by atoms with Crippen LogP contribution < -0.4 is 15.6 Å². The quantitative estimate of drug-likeness (QED) is 0.226. The van der Waals surface area contributed by atoms with Gasteiger partial charge in [-0.25, -0.2) is 9.48 Å². The van der Waals surface area contributed by atoms with E-state index in [1.807, 2.05) is 30.3 Å². The number of anilines is 1. The summed E-state index contributed by atoms with van der Waals surface area (Å²) in [4.78, 5) is 37.1. The minimum absolute atomic E-state index is 0.00721. The van der Waals surface area contributed by atoms with Crippen LogP contribution in [0.15, 0.2) is 77.6 Å². The molecule has 10 heteroatoms. The van der Waals surface area contributed by atoms with Crippen LogP contribution in [0, 0.1) is 0 Å². The Morgan fingerprint density at radius 3 is 2.36 bits per heavy atom. The Kier molecular flexibility index (Phi) is 8.69. The molecule has 0 bridgehead atoms. The molecule has 0 aliphatic carbocycles. The minimum atomic E-state index is -1.12. The Morgan fingerprint density at radius 1 is 1.00 bits per heavy atom. The van der Waals surface area contributed by atoms with Crippen LogP contribution in [0.4, 0.5) is 5.69 Å². The number of halogens is 2. The van der Waals surface area contributed by atoms with Crippen molar-refractivity contribution in [3.63, 3.8) is 0 Å². The zero-order chi connectivity index (χ0) is 28.1. The van der Waals surface area contributed by atoms with E-state index in [1.54, 1.807) is 24.3 Å². The van der Waals surface area contributed by atoms with Gasteiger partial charge in [0.15, 0.2) is 5.78 Å². The third-order valence-corrected chi connectivity index (χ3v) is 6.72. The van der Waals surface area contributed by atoms with Gasteiger partial charge in [0.05, 0.1) is 29.3 Å². The Morgan fingerprint density at radius 2 is 1.72 bits per heavy atom. The molecule has 0 unspecified atom stereocenters. The standard InChI is InChI=1S/C29H25Cl2N3O5/c1-17(35)22-10-8-19(30)13-24(22)25-15-27(36)34(33-28(25)39-2)21(12-18-6-4-3-5-7-18)16-32-20-9-11-23(29(37)38)26(31)14-20/h3-11,13-15,21,32H,12,16H2,1-2H3,(H,37,38)/t21-/m0/s1. The number of hydrogen-bond donors (Lipinski definition) is 2. The van der Waals surface area contributed by atoms with Crippen molar-refractivity contribution in [1.82, 2.24) is 9.78 Å². The number of nitrogens with zero attached hydrogens (tertiary/aromatic N) is 2. The number of carboxylic acids is 1. The Hall–Kier alpha value is -4.14. The molecular weight excluding hydrogens is 541 g/mol. The molecule has 39 heavy (non-hydrogen) atoms. The average Bonchev–Trinajstić information content (AvgIpc) is 2.91. The number of aromatic nitrogens is 2. The molecule has 4 rings (SSSR count). The number of rotatable bonds is 10. The third kappa shape index (κ3) is 6.47. The molecule has 8 nitrogen and oxygen atoms in total. The first-order valence-corrected chi connectivity index (χ1v) is 12.7. The number of ether oxygens (including phenoxy) is 1. The van der Waals surface area contributed by atoms with E-state index in [9.17, 15) is 19.5 Å². The third-order valence-electron chi connectivity index (χ3n) is 6.17. The number of carboxylic acid groups (broad SMARTS) is 1. The zero-order valence-corrected chi connectivity index (χ0v) is 22.7. The van der Waals surface area contributed by atoms with Crippen molar-refractivity contribution >= 4 is 40.6 Å². The summed E-state index contributed by atoms with van der Waals surface area (Å²) in [5.41, 5.74) is 2.36. The number of ketones is 1. The lowest BCUT2D eigenvalue weighted by Gasteiger charge is -2.22. The Bertz CT molecular complexity index is 1590. The molecule has 0 amide bonds. The van der Waals surface area contributed by atoms with Crippen molar-refractivity contribution in [3.05, 3.63) is 110 Å². The number of Topliss-reactive ketones (excluding diaryl/α,β-unsaturated/α-hetero) is 1. The van der Waals surface area contributed by atoms with E-state index in [2.05, 4.69) is 10.4 Å². The Balaban J connectivity index is 1.75. The van der Waals surface area contributed by atoms with Crippen LogP contribution in [0.1, 0.15) is 39.2 Å². The van der Waals surface area contributed by atoms with Gasteiger partial charge in [0, 0.05) is 28.9 Å². The zero-order valence-electron chi connectivity index (χ0n) is 21.2. The maximum atomic E-state index is 13.5. The second-order valence-corrected chi connectivity index (χ2v) is 9.66. The predicted octanol–water partition coefficient (Wildman–Crippen LogP) is 6.02. The number of benzene rings is 3. The van der Waals surface area contributed by atoms with Crippen molar-refractivity contribution in [2.45, 2.75) is 19.4 Å². The summed E-state index contributed by atoms with van der Waals surface area (Å²) in [5.74, 6) is -1.15. The van der Waals surface area contributed by atoms with Crippen LogP contribution in [0.5, 0.6) is 5.88 Å². The van der Waals surface area contributed by atoms with Gasteiger partial charge in [0.2, 0.25) is 5.88 Å². The van der Waals surface area contributed by atoms with E-state index in [4.69, 9.17) is 27.9 Å². The fraction of sp³-hybridized carbons (Fsp3) is 0.172. The number of methoxy groups -OCH3 is 1. The molecule has 200 valence electrons. The fourth-order valence-electron chi connectivity index (χ4n) is 4.27. The highest BCUT2D eigenvalue weighted by Crippen LogP contribution is 2.32. The first kappa shape index (κ1) is 27.9. The summed E-state index contributed by atoms with van der Waals surface area (Å²) in [7, 11) is 1.44. The summed E-state index contributed by atoms with van der Waals surface area (Å²) < 4.78 is 6.91. The van der Waals surface area contributed by atoms with Gasteiger partial charge in [0.25, 0.3) is 5.56 Å². The molecule has 1 heterocycles. The summed E-state index contributed by atoms with van der Waals surface area (Å²) in [5, 5.41) is 17.5. The maximum absolute atomic E-state index is 13.5. The van der Waals surface area contributed by atoms with Crippen LogP contribution in [0.3, 0.4) is 0 Å². The summed E-state index contributed by atoms with van der Waals surface area (Å²) in [6.07, 6.45) is 0.458. The smallest absolute Gasteiger partial charge is 0.337 e. The summed E-state index contributed by atoms with van der Waals surface area (Å²) >= 11 is 12.3. The van der Waals surface area contributed by atoms with Crippen molar-refractivity contribution in [1.29, 1.82) is 0 Å². The van der Waals surface area contributed by atoms with E-state index >= 15 is 0 Å². The minimum Gasteiger partial charge on any atom is -0.480 e. The highest BCUT2D eigenvalue weighted by atomic mass is 35.5. The first-order chi connectivity index (χ1) is 18.7. The topological polar surface area (TPSA) is 111 Å². The van der Waals surface area contributed by atoms with Gasteiger partial charge in [-0.3, -0.25) is 9.59 Å². The van der Waals surface area contributed by atoms with Crippen LogP contribution >= 0.6 is 23.2 Å². The fourth-order valence-corrected chi connectivity index (χ4v) is 4.70.